The summed E-state index contributed by atoms with van der Waals surface area (Å²) < 4.78 is 7.33. The number of thioether (sulfide) groups is 1. The van der Waals surface area contributed by atoms with E-state index >= 15 is 0 Å². The third-order valence-corrected chi connectivity index (χ3v) is 7.46. The molecule has 0 spiro atoms. The van der Waals surface area contributed by atoms with Crippen LogP contribution < -0.4 is 10.9 Å². The second-order valence-corrected chi connectivity index (χ2v) is 10.3. The Morgan fingerprint density at radius 3 is 2.81 bits per heavy atom. The number of anilines is 1. The molecule has 10 nitrogen and oxygen atoms in total. The van der Waals surface area contributed by atoms with Crippen molar-refractivity contribution in [1.82, 2.24) is 19.2 Å². The van der Waals surface area contributed by atoms with Gasteiger partial charge < -0.3 is 15.2 Å². The van der Waals surface area contributed by atoms with Crippen molar-refractivity contribution >= 4 is 57.7 Å². The van der Waals surface area contributed by atoms with Crippen LogP contribution in [0.5, 0.6) is 0 Å². The maximum absolute atomic E-state index is 13.5. The Balaban J connectivity index is 1.59. The summed E-state index contributed by atoms with van der Waals surface area (Å²) in [6.07, 6.45) is 5.25. The van der Waals surface area contributed by atoms with E-state index in [0.717, 1.165) is 30.4 Å². The molecule has 0 bridgehead atoms. The van der Waals surface area contributed by atoms with E-state index in [1.165, 1.54) is 9.30 Å². The molecule has 2 fully saturated rings. The number of nitrogens with one attached hydrogen (secondary N) is 1. The van der Waals surface area contributed by atoms with E-state index in [1.807, 2.05) is 13.0 Å². The number of pyridine rings is 1. The second kappa shape index (κ2) is 12.0. The summed E-state index contributed by atoms with van der Waals surface area (Å²) in [5.41, 5.74) is 1.45. The monoisotopic (exact) mass is 531 g/mol. The van der Waals surface area contributed by atoms with E-state index in [-0.39, 0.29) is 17.9 Å². The van der Waals surface area contributed by atoms with Crippen LogP contribution in [0.3, 0.4) is 0 Å². The Morgan fingerprint density at radius 2 is 2.06 bits per heavy atom. The molecule has 0 unspecified atom stereocenters. The first-order valence-electron chi connectivity index (χ1n) is 11.9. The van der Waals surface area contributed by atoms with Gasteiger partial charge in [-0.25, -0.2) is 4.98 Å². The summed E-state index contributed by atoms with van der Waals surface area (Å²) in [4.78, 5) is 46.1. The molecule has 0 aromatic carbocycles. The van der Waals surface area contributed by atoms with Gasteiger partial charge in [0.05, 0.1) is 30.4 Å². The number of carboxylic acids is 1. The minimum absolute atomic E-state index is 0.108. The Morgan fingerprint density at radius 1 is 1.28 bits per heavy atom. The van der Waals surface area contributed by atoms with Gasteiger partial charge >= 0.3 is 5.97 Å². The van der Waals surface area contributed by atoms with Gasteiger partial charge in [-0.3, -0.25) is 28.6 Å². The Labute approximate surface area is 218 Å². The summed E-state index contributed by atoms with van der Waals surface area (Å²) in [5, 5.41) is 12.1. The number of rotatable bonds is 10. The lowest BCUT2D eigenvalue weighted by Crippen LogP contribution is -2.39. The maximum atomic E-state index is 13.5. The molecule has 192 valence electrons. The first-order chi connectivity index (χ1) is 17.3. The third kappa shape index (κ3) is 6.12. The zero-order chi connectivity index (χ0) is 25.7. The topological polar surface area (TPSA) is 116 Å². The number of aryl methyl sites for hydroxylation is 1. The van der Waals surface area contributed by atoms with Crippen molar-refractivity contribution < 1.29 is 19.4 Å². The van der Waals surface area contributed by atoms with Gasteiger partial charge in [-0.15, -0.1) is 0 Å². The predicted molar refractivity (Wildman–Crippen MR) is 143 cm³/mol. The number of aromatic nitrogens is 2. The van der Waals surface area contributed by atoms with Crippen LogP contribution in [0.25, 0.3) is 11.7 Å². The van der Waals surface area contributed by atoms with Gasteiger partial charge in [-0.05, 0) is 37.5 Å². The predicted octanol–water partition coefficient (Wildman–Crippen LogP) is 2.55. The van der Waals surface area contributed by atoms with Gasteiger partial charge in [-0.1, -0.05) is 36.5 Å². The number of ether oxygens (including phenoxy) is 1. The molecule has 0 aliphatic carbocycles. The van der Waals surface area contributed by atoms with Gasteiger partial charge in [0, 0.05) is 32.3 Å². The highest BCUT2D eigenvalue weighted by Gasteiger charge is 2.32. The first-order valence-corrected chi connectivity index (χ1v) is 13.1. The molecule has 0 radical (unpaired) electrons. The van der Waals surface area contributed by atoms with Crippen LogP contribution in [-0.2, 0) is 14.3 Å². The van der Waals surface area contributed by atoms with Gasteiger partial charge in [0.15, 0.2) is 0 Å². The number of nitrogens with zero attached hydrogens (tertiary/aromatic N) is 4. The molecule has 4 rings (SSSR count). The summed E-state index contributed by atoms with van der Waals surface area (Å²) >= 11 is 6.59. The molecule has 2 aliphatic rings. The Bertz CT molecular complexity index is 1260. The average Bonchev–Trinajstić information content (AvgIpc) is 3.12. The van der Waals surface area contributed by atoms with Crippen molar-refractivity contribution in [2.24, 2.45) is 0 Å². The van der Waals surface area contributed by atoms with E-state index in [2.05, 4.69) is 10.2 Å². The first kappa shape index (κ1) is 26.3. The molecule has 36 heavy (non-hydrogen) atoms. The molecule has 2 aromatic heterocycles. The molecule has 2 aromatic rings. The fraction of sp³-hybridized carbons (Fsp3) is 0.458. The molecular formula is C24H29N5O5S2. The van der Waals surface area contributed by atoms with E-state index in [4.69, 9.17) is 27.0 Å². The maximum Gasteiger partial charge on any atom is 0.303 e. The molecule has 4 heterocycles. The highest BCUT2D eigenvalue weighted by Crippen LogP contribution is 2.33. The number of unbranched alkanes of at least 4 members (excludes halogenated alkanes) is 2. The normalized spacial score (nSPS) is 17.9. The van der Waals surface area contributed by atoms with Crippen LogP contribution in [0.4, 0.5) is 5.82 Å². The van der Waals surface area contributed by atoms with Gasteiger partial charge in [0.25, 0.3) is 11.5 Å². The number of carboxylic acid groups (broad SMARTS) is 1. The molecule has 2 N–H and O–H groups in total. The number of amides is 1. The van der Waals surface area contributed by atoms with Crippen LogP contribution in [-0.4, -0.2) is 80.0 Å². The number of hydrogen-bond donors (Lipinski definition) is 2. The highest BCUT2D eigenvalue weighted by atomic mass is 32.2. The molecule has 12 heteroatoms. The molecule has 2 saturated heterocycles. The number of hydrogen-bond acceptors (Lipinski definition) is 9. The van der Waals surface area contributed by atoms with Crippen molar-refractivity contribution in [3.8, 4) is 0 Å². The van der Waals surface area contributed by atoms with E-state index in [1.54, 1.807) is 18.3 Å². The minimum atomic E-state index is -0.827. The SMILES string of the molecule is Cc1cccn2c(=O)c(C=C3SC(=S)N(CCCCCC(=O)O)C3=O)c(NCN3CCOCC3)nc12. The molecule has 0 saturated carbocycles. The van der Waals surface area contributed by atoms with E-state index in [0.29, 0.717) is 71.9 Å². The number of fused-ring (bicyclic) bond motifs is 1. The number of carbonyl (C=O) groups is 2. The third-order valence-electron chi connectivity index (χ3n) is 6.08. The number of thiocarbonyl (C=S) groups is 1. The van der Waals surface area contributed by atoms with Crippen LogP contribution in [0, 0.1) is 6.92 Å². The Hall–Kier alpha value is -2.80. The van der Waals surface area contributed by atoms with Crippen molar-refractivity contribution in [2.45, 2.75) is 32.6 Å². The van der Waals surface area contributed by atoms with Crippen molar-refractivity contribution in [3.63, 3.8) is 0 Å². The average molecular weight is 532 g/mol. The van der Waals surface area contributed by atoms with Crippen molar-refractivity contribution in [2.75, 3.05) is 44.8 Å². The smallest absolute Gasteiger partial charge is 0.303 e. The Kier molecular flexibility index (Phi) is 8.72. The number of aliphatic carboxylic acids is 1. The van der Waals surface area contributed by atoms with E-state index < -0.39 is 5.97 Å². The fourth-order valence-electron chi connectivity index (χ4n) is 4.07. The van der Waals surface area contributed by atoms with E-state index in [9.17, 15) is 14.4 Å². The quantitative estimate of drug-likeness (QED) is 0.269. The highest BCUT2D eigenvalue weighted by molar-refractivity contribution is 8.26. The molecular weight excluding hydrogens is 502 g/mol. The zero-order valence-electron chi connectivity index (χ0n) is 20.1. The van der Waals surface area contributed by atoms with Crippen molar-refractivity contribution in [3.05, 3.63) is 44.7 Å². The molecule has 1 amide bonds. The summed E-state index contributed by atoms with van der Waals surface area (Å²) in [7, 11) is 0. The van der Waals surface area contributed by atoms with Crippen LogP contribution in [0.1, 0.15) is 36.8 Å². The number of carbonyl (C=O) groups excluding carboxylic acids is 1. The summed E-state index contributed by atoms with van der Waals surface area (Å²) in [6.45, 7) is 5.67. The zero-order valence-corrected chi connectivity index (χ0v) is 21.7. The largest absolute Gasteiger partial charge is 0.481 e. The molecule has 0 atom stereocenters. The summed E-state index contributed by atoms with van der Waals surface area (Å²) in [5.74, 6) is -0.664. The molecule has 2 aliphatic heterocycles. The van der Waals surface area contributed by atoms with Crippen LogP contribution in [0.2, 0.25) is 0 Å². The number of morpholine rings is 1. The lowest BCUT2D eigenvalue weighted by molar-refractivity contribution is -0.137. The fourth-order valence-corrected chi connectivity index (χ4v) is 5.36. The van der Waals surface area contributed by atoms with Gasteiger partial charge in [-0.2, -0.15) is 0 Å². The summed E-state index contributed by atoms with van der Waals surface area (Å²) in [6, 6.07) is 3.69. The van der Waals surface area contributed by atoms with Crippen molar-refractivity contribution in [1.29, 1.82) is 0 Å². The standard InChI is InChI=1S/C24H29N5O5S2/c1-16-6-5-9-28-21(16)26-20(25-15-27-10-12-34-13-11-27)17(22(28)32)14-18-23(33)29(24(35)36-18)8-4-2-3-7-19(30)31/h5-6,9,14,25H,2-4,7-8,10-13,15H2,1H3,(H,30,31). The van der Waals surface area contributed by atoms with Gasteiger partial charge in [0.1, 0.15) is 15.8 Å². The minimum Gasteiger partial charge on any atom is -0.481 e. The lowest BCUT2D eigenvalue weighted by Gasteiger charge is -2.27. The second-order valence-electron chi connectivity index (χ2n) is 8.67. The van der Waals surface area contributed by atoms with Gasteiger partial charge in [0.2, 0.25) is 0 Å². The van der Waals surface area contributed by atoms with Crippen LogP contribution in [0.15, 0.2) is 28.0 Å². The lowest BCUT2D eigenvalue weighted by atomic mass is 10.2. The van der Waals surface area contributed by atoms with Crippen LogP contribution >= 0.6 is 24.0 Å².